The molecule has 0 aliphatic rings. The number of aryl methyl sites for hydroxylation is 2. The number of H-pyrrole nitrogens is 1. The van der Waals surface area contributed by atoms with Gasteiger partial charge in [-0.1, -0.05) is 0 Å². The molecule has 2 heterocycles. The maximum atomic E-state index is 11.7. The molecule has 0 aromatic carbocycles. The van der Waals surface area contributed by atoms with Crippen molar-refractivity contribution in [2.75, 3.05) is 0 Å². The Kier molecular flexibility index (Phi) is 3.60. The van der Waals surface area contributed by atoms with Crippen molar-refractivity contribution in [3.05, 3.63) is 29.6 Å². The lowest BCUT2D eigenvalue weighted by atomic mass is 10.1. The average molecular weight is 260 g/mol. The largest absolute Gasteiger partial charge is 0.460 e. The highest BCUT2D eigenvalue weighted by Crippen LogP contribution is 2.19. The molecule has 0 amide bonds. The van der Waals surface area contributed by atoms with Gasteiger partial charge in [0.15, 0.2) is 0 Å². The third-order valence-corrected chi connectivity index (χ3v) is 2.77. The molecule has 2 aromatic heterocycles. The molecule has 0 aliphatic heterocycles. The highest BCUT2D eigenvalue weighted by atomic mass is 16.6. The summed E-state index contributed by atoms with van der Waals surface area (Å²) in [5.74, 6) is -0.164. The zero-order valence-corrected chi connectivity index (χ0v) is 11.9. The van der Waals surface area contributed by atoms with Crippen LogP contribution in [0.15, 0.2) is 18.5 Å². The summed E-state index contributed by atoms with van der Waals surface area (Å²) in [6.07, 6.45) is 4.80. The van der Waals surface area contributed by atoms with Crippen molar-refractivity contribution < 1.29 is 9.53 Å². The van der Waals surface area contributed by atoms with Crippen molar-refractivity contribution in [3.63, 3.8) is 0 Å². The number of nitrogens with one attached hydrogen (secondary N) is 1. The van der Waals surface area contributed by atoms with Gasteiger partial charge in [-0.2, -0.15) is 0 Å². The van der Waals surface area contributed by atoms with Crippen molar-refractivity contribution in [3.8, 4) is 0 Å². The Morgan fingerprint density at radius 3 is 2.84 bits per heavy atom. The Bertz CT molecular complexity index is 594. The first-order valence-corrected chi connectivity index (χ1v) is 6.49. The molecule has 0 unspecified atom stereocenters. The molecular weight excluding hydrogens is 240 g/mol. The lowest BCUT2D eigenvalue weighted by Gasteiger charge is -2.19. The molecule has 0 spiro atoms. The summed E-state index contributed by atoms with van der Waals surface area (Å²) in [4.78, 5) is 19.1. The number of esters is 1. The van der Waals surface area contributed by atoms with Crippen LogP contribution in [-0.2, 0) is 16.0 Å². The van der Waals surface area contributed by atoms with Gasteiger partial charge >= 0.3 is 5.97 Å². The fourth-order valence-corrected chi connectivity index (χ4v) is 2.00. The second kappa shape index (κ2) is 5.03. The summed E-state index contributed by atoms with van der Waals surface area (Å²) >= 11 is 0. The van der Waals surface area contributed by atoms with Crippen molar-refractivity contribution in [2.45, 2.75) is 46.1 Å². The zero-order valence-electron chi connectivity index (χ0n) is 11.9. The minimum absolute atomic E-state index is 0.164. The summed E-state index contributed by atoms with van der Waals surface area (Å²) in [5.41, 5.74) is 2.67. The van der Waals surface area contributed by atoms with E-state index in [4.69, 9.17) is 4.74 Å². The number of carbonyl (C=O) groups excluding carboxylic acids is 1. The maximum Gasteiger partial charge on any atom is 0.306 e. The van der Waals surface area contributed by atoms with Gasteiger partial charge in [0, 0.05) is 24.2 Å². The van der Waals surface area contributed by atoms with E-state index < -0.39 is 5.60 Å². The van der Waals surface area contributed by atoms with Gasteiger partial charge in [-0.05, 0) is 51.3 Å². The predicted octanol–water partition coefficient (Wildman–Crippen LogP) is 3.15. The number of pyridine rings is 1. The van der Waals surface area contributed by atoms with Gasteiger partial charge in [0.2, 0.25) is 0 Å². The van der Waals surface area contributed by atoms with Gasteiger partial charge in [0.05, 0.1) is 0 Å². The lowest BCUT2D eigenvalue weighted by Crippen LogP contribution is -2.23. The summed E-state index contributed by atoms with van der Waals surface area (Å²) in [6.45, 7) is 7.65. The van der Waals surface area contributed by atoms with Gasteiger partial charge < -0.3 is 9.72 Å². The topological polar surface area (TPSA) is 55.0 Å². The van der Waals surface area contributed by atoms with Gasteiger partial charge in [0.25, 0.3) is 0 Å². The van der Waals surface area contributed by atoms with Crippen LogP contribution in [0.3, 0.4) is 0 Å². The fraction of sp³-hybridized carbons (Fsp3) is 0.467. The molecule has 2 aromatic rings. The minimum Gasteiger partial charge on any atom is -0.460 e. The second-order valence-corrected chi connectivity index (χ2v) is 5.81. The number of nitrogens with zero attached hydrogens (tertiary/aromatic N) is 1. The van der Waals surface area contributed by atoms with Crippen molar-refractivity contribution >= 4 is 17.0 Å². The molecule has 0 saturated carbocycles. The predicted molar refractivity (Wildman–Crippen MR) is 75.0 cm³/mol. The Morgan fingerprint density at radius 2 is 2.16 bits per heavy atom. The number of hydrogen-bond donors (Lipinski definition) is 1. The van der Waals surface area contributed by atoms with E-state index in [9.17, 15) is 4.79 Å². The quantitative estimate of drug-likeness (QED) is 0.862. The number of rotatable bonds is 3. The molecular formula is C15H20N2O2. The van der Waals surface area contributed by atoms with Crippen molar-refractivity contribution in [2.24, 2.45) is 0 Å². The molecule has 0 atom stereocenters. The van der Waals surface area contributed by atoms with Crippen LogP contribution in [-0.4, -0.2) is 21.5 Å². The van der Waals surface area contributed by atoms with E-state index in [1.165, 1.54) is 0 Å². The smallest absolute Gasteiger partial charge is 0.306 e. The van der Waals surface area contributed by atoms with Crippen LogP contribution in [0.4, 0.5) is 0 Å². The average Bonchev–Trinajstić information content (AvgIpc) is 2.66. The molecule has 4 heteroatoms. The van der Waals surface area contributed by atoms with E-state index in [1.54, 1.807) is 0 Å². The monoisotopic (exact) mass is 260 g/mol. The van der Waals surface area contributed by atoms with Crippen LogP contribution < -0.4 is 0 Å². The van der Waals surface area contributed by atoms with Crippen LogP contribution in [0.1, 0.15) is 38.3 Å². The first-order chi connectivity index (χ1) is 8.85. The fourth-order valence-electron chi connectivity index (χ4n) is 2.00. The van der Waals surface area contributed by atoms with E-state index in [0.29, 0.717) is 12.8 Å². The molecule has 0 saturated heterocycles. The normalized spacial score (nSPS) is 11.8. The Labute approximate surface area is 113 Å². The number of aromatic amines is 1. The first-order valence-electron chi connectivity index (χ1n) is 6.49. The van der Waals surface area contributed by atoms with Gasteiger partial charge in [-0.15, -0.1) is 0 Å². The van der Waals surface area contributed by atoms with Crippen LogP contribution in [0, 0.1) is 6.92 Å². The highest BCUT2D eigenvalue weighted by Gasteiger charge is 2.16. The van der Waals surface area contributed by atoms with Gasteiger partial charge in [0.1, 0.15) is 11.2 Å². The molecule has 19 heavy (non-hydrogen) atoms. The van der Waals surface area contributed by atoms with Crippen LogP contribution >= 0.6 is 0 Å². The number of aromatic nitrogens is 2. The van der Waals surface area contributed by atoms with Crippen LogP contribution in [0.5, 0.6) is 0 Å². The highest BCUT2D eigenvalue weighted by molar-refractivity contribution is 5.81. The Balaban J connectivity index is 2.06. The summed E-state index contributed by atoms with van der Waals surface area (Å²) in [6, 6.07) is 2.09. The Hall–Kier alpha value is -1.84. The number of ether oxygens (including phenoxy) is 1. The van der Waals surface area contributed by atoms with E-state index >= 15 is 0 Å². The summed E-state index contributed by atoms with van der Waals surface area (Å²) in [7, 11) is 0. The van der Waals surface area contributed by atoms with Crippen LogP contribution in [0.25, 0.3) is 11.0 Å². The molecule has 4 nitrogen and oxygen atoms in total. The Morgan fingerprint density at radius 1 is 1.42 bits per heavy atom. The molecule has 2 rings (SSSR count). The van der Waals surface area contributed by atoms with E-state index in [0.717, 1.165) is 22.2 Å². The van der Waals surface area contributed by atoms with E-state index in [-0.39, 0.29) is 5.97 Å². The van der Waals surface area contributed by atoms with Crippen molar-refractivity contribution in [1.82, 2.24) is 9.97 Å². The van der Waals surface area contributed by atoms with Gasteiger partial charge in [-0.25, -0.2) is 4.98 Å². The number of carbonyl (C=O) groups is 1. The summed E-state index contributed by atoms with van der Waals surface area (Å²) in [5, 5.41) is 1.09. The third-order valence-electron chi connectivity index (χ3n) is 2.77. The first kappa shape index (κ1) is 13.6. The van der Waals surface area contributed by atoms with E-state index in [2.05, 4.69) is 16.0 Å². The zero-order chi connectivity index (χ0) is 14.0. The SMILES string of the molecule is Cc1cnc2[nH]cc(CCC(=O)OC(C)(C)C)c2c1. The molecule has 0 fully saturated rings. The summed E-state index contributed by atoms with van der Waals surface area (Å²) < 4.78 is 5.31. The standard InChI is InChI=1S/C15H20N2O2/c1-10-7-12-11(9-17-14(12)16-8-10)5-6-13(18)19-15(2,3)4/h7-9H,5-6H2,1-4H3,(H,16,17). The molecule has 1 N–H and O–H groups in total. The maximum absolute atomic E-state index is 11.7. The third kappa shape index (κ3) is 3.56. The van der Waals surface area contributed by atoms with Crippen LogP contribution in [0.2, 0.25) is 0 Å². The molecule has 0 bridgehead atoms. The lowest BCUT2D eigenvalue weighted by molar-refractivity contribution is -0.154. The number of hydrogen-bond acceptors (Lipinski definition) is 3. The van der Waals surface area contributed by atoms with Gasteiger partial charge in [-0.3, -0.25) is 4.79 Å². The second-order valence-electron chi connectivity index (χ2n) is 5.81. The molecule has 0 radical (unpaired) electrons. The molecule has 0 aliphatic carbocycles. The van der Waals surface area contributed by atoms with E-state index in [1.807, 2.05) is 40.1 Å². The number of fused-ring (bicyclic) bond motifs is 1. The van der Waals surface area contributed by atoms with Crippen molar-refractivity contribution in [1.29, 1.82) is 0 Å². The minimum atomic E-state index is -0.421. The molecule has 102 valence electrons.